The van der Waals surface area contributed by atoms with Crippen LogP contribution in [-0.4, -0.2) is 18.4 Å². The first-order valence-electron chi connectivity index (χ1n) is 8.84. The van der Waals surface area contributed by atoms with Gasteiger partial charge in [0.2, 0.25) is 0 Å². The number of alkyl halides is 3. The molecule has 0 aliphatic rings. The van der Waals surface area contributed by atoms with E-state index in [9.17, 15) is 21.6 Å². The molecule has 0 saturated heterocycles. The fourth-order valence-electron chi connectivity index (χ4n) is 3.12. The Balaban J connectivity index is 1.76. The first-order chi connectivity index (χ1) is 14.6. The molecule has 0 aliphatic heterocycles. The molecule has 0 fully saturated rings. The van der Waals surface area contributed by atoms with Crippen molar-refractivity contribution in [2.24, 2.45) is 0 Å². The molecule has 0 amide bonds. The van der Waals surface area contributed by atoms with Gasteiger partial charge < -0.3 is 0 Å². The molecular weight excluding hydrogens is 451 g/mol. The van der Waals surface area contributed by atoms with Crippen molar-refractivity contribution in [1.29, 1.82) is 0 Å². The number of rotatable bonds is 4. The average Bonchev–Trinajstić information content (AvgIpc) is 2.73. The molecule has 0 unspecified atom stereocenters. The standard InChI is InChI=1S/C21H13ClF3N3O2S/c22-19-11-14(21(23,24)25)4-6-18(19)17-3-1-2-13-10-15(5-7-16(13)17)31(29,30)28-20-8-9-26-12-27-20/h1-12H,(H,26,27,28). The SMILES string of the molecule is O=S(=O)(Nc1ccncn1)c1ccc2c(-c3ccc(C(F)(F)F)cc3Cl)cccc2c1. The predicted octanol–water partition coefficient (Wildman–Crippen LogP) is 5.77. The maximum Gasteiger partial charge on any atom is 0.416 e. The summed E-state index contributed by atoms with van der Waals surface area (Å²) in [5.41, 5.74) is 0.157. The van der Waals surface area contributed by atoms with Gasteiger partial charge >= 0.3 is 6.18 Å². The molecule has 1 aromatic heterocycles. The van der Waals surface area contributed by atoms with E-state index in [-0.39, 0.29) is 15.7 Å². The number of fused-ring (bicyclic) bond motifs is 1. The van der Waals surface area contributed by atoms with Crippen molar-refractivity contribution in [3.63, 3.8) is 0 Å². The third-order valence-corrected chi connectivity index (χ3v) is 6.23. The topological polar surface area (TPSA) is 72.0 Å². The Morgan fingerprint density at radius 2 is 1.74 bits per heavy atom. The number of hydrogen-bond acceptors (Lipinski definition) is 4. The number of hydrogen-bond donors (Lipinski definition) is 1. The first kappa shape index (κ1) is 21.1. The largest absolute Gasteiger partial charge is 0.416 e. The summed E-state index contributed by atoms with van der Waals surface area (Å²) in [6.07, 6.45) is -1.87. The Labute approximate surface area is 180 Å². The van der Waals surface area contributed by atoms with Crippen LogP contribution in [0.15, 0.2) is 78.1 Å². The maximum absolute atomic E-state index is 12.9. The smallest absolute Gasteiger partial charge is 0.263 e. The highest BCUT2D eigenvalue weighted by Gasteiger charge is 2.31. The van der Waals surface area contributed by atoms with Crippen LogP contribution in [0.25, 0.3) is 21.9 Å². The van der Waals surface area contributed by atoms with Crippen LogP contribution >= 0.6 is 11.6 Å². The lowest BCUT2D eigenvalue weighted by molar-refractivity contribution is -0.137. The lowest BCUT2D eigenvalue weighted by atomic mass is 9.97. The van der Waals surface area contributed by atoms with E-state index in [0.29, 0.717) is 21.9 Å². The number of anilines is 1. The lowest BCUT2D eigenvalue weighted by Gasteiger charge is -2.13. The van der Waals surface area contributed by atoms with Crippen molar-refractivity contribution in [2.45, 2.75) is 11.1 Å². The minimum absolute atomic E-state index is 0.00859. The summed E-state index contributed by atoms with van der Waals surface area (Å²) in [5.74, 6) is 0.125. The van der Waals surface area contributed by atoms with Crippen LogP contribution in [0.5, 0.6) is 0 Å². The Hall–Kier alpha value is -3.17. The van der Waals surface area contributed by atoms with Gasteiger partial charge in [0.15, 0.2) is 0 Å². The third-order valence-electron chi connectivity index (χ3n) is 4.57. The van der Waals surface area contributed by atoms with E-state index >= 15 is 0 Å². The van der Waals surface area contributed by atoms with Crippen molar-refractivity contribution in [2.75, 3.05) is 4.72 Å². The molecule has 0 saturated carbocycles. The van der Waals surface area contributed by atoms with E-state index < -0.39 is 21.8 Å². The summed E-state index contributed by atoms with van der Waals surface area (Å²) < 4.78 is 66.6. The van der Waals surface area contributed by atoms with Gasteiger partial charge in [0.25, 0.3) is 10.0 Å². The summed E-state index contributed by atoms with van der Waals surface area (Å²) in [6.45, 7) is 0. The number of benzene rings is 3. The fourth-order valence-corrected chi connectivity index (χ4v) is 4.45. The third kappa shape index (κ3) is 4.33. The second kappa shape index (κ2) is 7.82. The van der Waals surface area contributed by atoms with Crippen LogP contribution in [0.3, 0.4) is 0 Å². The van der Waals surface area contributed by atoms with E-state index in [4.69, 9.17) is 11.6 Å². The molecule has 4 aromatic rings. The van der Waals surface area contributed by atoms with Crippen molar-refractivity contribution in [1.82, 2.24) is 9.97 Å². The molecule has 0 radical (unpaired) electrons. The Morgan fingerprint density at radius 3 is 2.42 bits per heavy atom. The van der Waals surface area contributed by atoms with E-state index in [1.165, 1.54) is 36.8 Å². The molecule has 0 aliphatic carbocycles. The molecule has 4 rings (SSSR count). The maximum atomic E-state index is 12.9. The highest BCUT2D eigenvalue weighted by Crippen LogP contribution is 2.38. The van der Waals surface area contributed by atoms with Gasteiger partial charge in [-0.25, -0.2) is 18.4 Å². The van der Waals surface area contributed by atoms with Gasteiger partial charge in [-0.15, -0.1) is 0 Å². The van der Waals surface area contributed by atoms with Gasteiger partial charge in [-0.3, -0.25) is 4.72 Å². The van der Waals surface area contributed by atoms with Crippen LogP contribution < -0.4 is 4.72 Å². The molecule has 31 heavy (non-hydrogen) atoms. The van der Waals surface area contributed by atoms with Crippen LogP contribution in [-0.2, 0) is 16.2 Å². The van der Waals surface area contributed by atoms with E-state index in [2.05, 4.69) is 14.7 Å². The molecule has 0 spiro atoms. The van der Waals surface area contributed by atoms with Crippen LogP contribution in [0.2, 0.25) is 5.02 Å². The van der Waals surface area contributed by atoms with Gasteiger partial charge in [-0.1, -0.05) is 41.9 Å². The second-order valence-corrected chi connectivity index (χ2v) is 8.67. The highest BCUT2D eigenvalue weighted by molar-refractivity contribution is 7.92. The van der Waals surface area contributed by atoms with Gasteiger partial charge in [0, 0.05) is 16.8 Å². The minimum atomic E-state index is -4.50. The Morgan fingerprint density at radius 1 is 0.935 bits per heavy atom. The molecule has 158 valence electrons. The van der Waals surface area contributed by atoms with Crippen LogP contribution in [0, 0.1) is 0 Å². The van der Waals surface area contributed by atoms with Crippen LogP contribution in [0.4, 0.5) is 19.0 Å². The Bertz CT molecular complexity index is 1380. The molecule has 0 bridgehead atoms. The molecular formula is C21H13ClF3N3O2S. The zero-order valence-corrected chi connectivity index (χ0v) is 17.1. The van der Waals surface area contributed by atoms with E-state index in [1.807, 2.05) is 0 Å². The van der Waals surface area contributed by atoms with Crippen molar-refractivity contribution < 1.29 is 21.6 Å². The zero-order valence-electron chi connectivity index (χ0n) is 15.6. The molecule has 1 N–H and O–H groups in total. The fraction of sp³-hybridized carbons (Fsp3) is 0.0476. The Kier molecular flexibility index (Phi) is 5.32. The quantitative estimate of drug-likeness (QED) is 0.417. The van der Waals surface area contributed by atoms with Crippen molar-refractivity contribution in [3.05, 3.63) is 83.8 Å². The summed E-state index contributed by atoms with van der Waals surface area (Å²) in [4.78, 5) is 7.59. The summed E-state index contributed by atoms with van der Waals surface area (Å²) in [5, 5.41) is 1.17. The monoisotopic (exact) mass is 463 g/mol. The molecule has 5 nitrogen and oxygen atoms in total. The average molecular weight is 464 g/mol. The molecule has 0 atom stereocenters. The van der Waals surface area contributed by atoms with Gasteiger partial charge in [-0.2, -0.15) is 13.2 Å². The molecule has 10 heteroatoms. The zero-order chi connectivity index (χ0) is 22.2. The van der Waals surface area contributed by atoms with Gasteiger partial charge in [0.05, 0.1) is 10.5 Å². The minimum Gasteiger partial charge on any atom is -0.263 e. The van der Waals surface area contributed by atoms with E-state index in [0.717, 1.165) is 12.1 Å². The number of aromatic nitrogens is 2. The number of halogens is 4. The number of sulfonamides is 1. The number of nitrogens with one attached hydrogen (secondary N) is 1. The summed E-state index contributed by atoms with van der Waals surface area (Å²) >= 11 is 6.15. The summed E-state index contributed by atoms with van der Waals surface area (Å²) in [7, 11) is -3.90. The van der Waals surface area contributed by atoms with E-state index in [1.54, 1.807) is 24.3 Å². The predicted molar refractivity (Wildman–Crippen MR) is 112 cm³/mol. The second-order valence-electron chi connectivity index (χ2n) is 6.58. The highest BCUT2D eigenvalue weighted by atomic mass is 35.5. The summed E-state index contributed by atoms with van der Waals surface area (Å²) in [6, 6.07) is 14.1. The van der Waals surface area contributed by atoms with Crippen molar-refractivity contribution in [3.8, 4) is 11.1 Å². The van der Waals surface area contributed by atoms with Crippen molar-refractivity contribution >= 4 is 38.2 Å². The number of nitrogens with zero attached hydrogens (tertiary/aromatic N) is 2. The van der Waals surface area contributed by atoms with Gasteiger partial charge in [-0.05, 0) is 46.7 Å². The lowest BCUT2D eigenvalue weighted by Crippen LogP contribution is -2.13. The normalized spacial score (nSPS) is 12.1. The van der Waals surface area contributed by atoms with Crippen LogP contribution in [0.1, 0.15) is 5.56 Å². The van der Waals surface area contributed by atoms with Gasteiger partial charge in [0.1, 0.15) is 12.1 Å². The molecule has 1 heterocycles. The first-order valence-corrected chi connectivity index (χ1v) is 10.7. The molecule has 3 aromatic carbocycles.